The Balaban J connectivity index is 1.57. The first kappa shape index (κ1) is 21.0. The number of nitrogens with one attached hydrogen (secondary N) is 2. The largest absolute Gasteiger partial charge is 0.364 e. The molecule has 2 aromatic rings. The number of nitrogens with two attached hydrogens (primary N) is 1. The highest BCUT2D eigenvalue weighted by Gasteiger charge is 2.29. The van der Waals surface area contributed by atoms with Gasteiger partial charge in [0, 0.05) is 26.2 Å². The molecule has 1 saturated heterocycles. The number of aromatic nitrogens is 2. The predicted octanol–water partition coefficient (Wildman–Crippen LogP) is 0.0704. The molecule has 2 amide bonds. The van der Waals surface area contributed by atoms with Crippen LogP contribution in [0.5, 0.6) is 0 Å². The molecule has 0 spiro atoms. The summed E-state index contributed by atoms with van der Waals surface area (Å²) in [6, 6.07) is 6.75. The highest BCUT2D eigenvalue weighted by Crippen LogP contribution is 2.19. The molecule has 0 atom stereocenters. The smallest absolute Gasteiger partial charge is 0.271 e. The van der Waals surface area contributed by atoms with E-state index in [0.29, 0.717) is 31.9 Å². The van der Waals surface area contributed by atoms with Crippen molar-refractivity contribution < 1.29 is 18.0 Å². The number of aryl methyl sites for hydroxylation is 2. The van der Waals surface area contributed by atoms with Crippen molar-refractivity contribution in [2.75, 3.05) is 38.0 Å². The summed E-state index contributed by atoms with van der Waals surface area (Å²) in [6.45, 7) is 5.07. The lowest BCUT2D eigenvalue weighted by Gasteiger charge is -2.33. The average Bonchev–Trinajstić information content (AvgIpc) is 3.03. The van der Waals surface area contributed by atoms with Crippen LogP contribution in [0.2, 0.25) is 0 Å². The number of rotatable bonds is 6. The zero-order valence-corrected chi connectivity index (χ0v) is 17.1. The SMILES string of the molecule is Cc1ccc(S(=O)(=O)N2CCN(CC(=O)Nc3c(C(N)=O)n[nH]c3C)CC2)cc1. The molecule has 1 aromatic heterocycles. The molecule has 11 heteroatoms. The number of nitrogens with zero attached hydrogens (tertiary/aromatic N) is 3. The van der Waals surface area contributed by atoms with E-state index in [9.17, 15) is 18.0 Å². The second kappa shape index (κ2) is 8.31. The van der Waals surface area contributed by atoms with E-state index in [1.165, 1.54) is 4.31 Å². The Morgan fingerprint density at radius 1 is 1.14 bits per heavy atom. The minimum atomic E-state index is -3.55. The monoisotopic (exact) mass is 420 g/mol. The summed E-state index contributed by atoms with van der Waals surface area (Å²) in [7, 11) is -3.55. The quantitative estimate of drug-likeness (QED) is 0.604. The molecule has 3 rings (SSSR count). The third-order valence-corrected chi connectivity index (χ3v) is 6.72. The van der Waals surface area contributed by atoms with E-state index in [2.05, 4.69) is 15.5 Å². The van der Waals surface area contributed by atoms with Gasteiger partial charge in [0.15, 0.2) is 5.69 Å². The molecule has 1 fully saturated rings. The van der Waals surface area contributed by atoms with Crippen LogP contribution in [-0.2, 0) is 14.8 Å². The standard InChI is InChI=1S/C18H24N6O4S/c1-12-3-5-14(6-4-12)29(27,28)24-9-7-23(8-10-24)11-15(25)20-16-13(2)21-22-17(16)18(19)26/h3-6H,7-11H2,1-2H3,(H2,19,26)(H,20,25)(H,21,22). The maximum absolute atomic E-state index is 12.8. The van der Waals surface area contributed by atoms with Crippen molar-refractivity contribution in [3.8, 4) is 0 Å². The van der Waals surface area contributed by atoms with Gasteiger partial charge in [-0.25, -0.2) is 8.42 Å². The predicted molar refractivity (Wildman–Crippen MR) is 107 cm³/mol. The van der Waals surface area contributed by atoms with Gasteiger partial charge in [0.2, 0.25) is 15.9 Å². The van der Waals surface area contributed by atoms with E-state index in [1.807, 2.05) is 11.8 Å². The van der Waals surface area contributed by atoms with Crippen molar-refractivity contribution in [2.24, 2.45) is 5.73 Å². The summed E-state index contributed by atoms with van der Waals surface area (Å²) >= 11 is 0. The van der Waals surface area contributed by atoms with E-state index in [4.69, 9.17) is 5.73 Å². The Morgan fingerprint density at radius 2 is 1.76 bits per heavy atom. The number of anilines is 1. The number of carbonyl (C=O) groups excluding carboxylic acids is 2. The molecule has 1 aliphatic rings. The Hall–Kier alpha value is -2.76. The lowest BCUT2D eigenvalue weighted by atomic mass is 10.2. The maximum atomic E-state index is 12.8. The number of carbonyl (C=O) groups is 2. The normalized spacial score (nSPS) is 15.9. The van der Waals surface area contributed by atoms with Gasteiger partial charge in [0.05, 0.1) is 22.8 Å². The number of amides is 2. The van der Waals surface area contributed by atoms with Crippen molar-refractivity contribution >= 4 is 27.5 Å². The minimum absolute atomic E-state index is 0.0233. The van der Waals surface area contributed by atoms with Gasteiger partial charge in [0.1, 0.15) is 0 Å². The summed E-state index contributed by atoms with van der Waals surface area (Å²) < 4.78 is 26.9. The zero-order valence-electron chi connectivity index (χ0n) is 16.3. The summed E-state index contributed by atoms with van der Waals surface area (Å²) in [5, 5.41) is 9.05. The van der Waals surface area contributed by atoms with Gasteiger partial charge in [0.25, 0.3) is 5.91 Å². The van der Waals surface area contributed by atoms with Crippen LogP contribution in [0.3, 0.4) is 0 Å². The second-order valence-electron chi connectivity index (χ2n) is 6.98. The van der Waals surface area contributed by atoms with Crippen LogP contribution in [0.25, 0.3) is 0 Å². The average molecular weight is 420 g/mol. The van der Waals surface area contributed by atoms with Gasteiger partial charge in [-0.1, -0.05) is 17.7 Å². The van der Waals surface area contributed by atoms with E-state index in [0.717, 1.165) is 5.56 Å². The molecule has 0 aliphatic carbocycles. The minimum Gasteiger partial charge on any atom is -0.364 e. The van der Waals surface area contributed by atoms with Gasteiger partial charge in [-0.2, -0.15) is 9.40 Å². The van der Waals surface area contributed by atoms with Crippen molar-refractivity contribution in [2.45, 2.75) is 18.7 Å². The molecule has 4 N–H and O–H groups in total. The first-order valence-electron chi connectivity index (χ1n) is 9.12. The second-order valence-corrected chi connectivity index (χ2v) is 8.92. The van der Waals surface area contributed by atoms with Crippen LogP contribution < -0.4 is 11.1 Å². The van der Waals surface area contributed by atoms with Crippen molar-refractivity contribution in [3.63, 3.8) is 0 Å². The number of piperazine rings is 1. The highest BCUT2D eigenvalue weighted by molar-refractivity contribution is 7.89. The molecule has 2 heterocycles. The van der Waals surface area contributed by atoms with Gasteiger partial charge in [-0.05, 0) is 26.0 Å². The molecule has 1 aliphatic heterocycles. The van der Waals surface area contributed by atoms with Crippen LogP contribution in [0.1, 0.15) is 21.7 Å². The maximum Gasteiger partial charge on any atom is 0.271 e. The Labute approximate surface area is 169 Å². The molecule has 1 aromatic carbocycles. The van der Waals surface area contributed by atoms with Crippen molar-refractivity contribution in [1.82, 2.24) is 19.4 Å². The fraction of sp³-hybridized carbons (Fsp3) is 0.389. The molecule has 0 unspecified atom stereocenters. The van der Waals surface area contributed by atoms with Gasteiger partial charge < -0.3 is 11.1 Å². The molecular weight excluding hydrogens is 396 g/mol. The fourth-order valence-corrected chi connectivity index (χ4v) is 4.55. The first-order valence-corrected chi connectivity index (χ1v) is 10.6. The van der Waals surface area contributed by atoms with Crippen LogP contribution in [-0.4, -0.2) is 72.4 Å². The Bertz CT molecular complexity index is 1010. The van der Waals surface area contributed by atoms with Crippen LogP contribution >= 0.6 is 0 Å². The van der Waals surface area contributed by atoms with E-state index < -0.39 is 15.9 Å². The Kier molecular flexibility index (Phi) is 6.01. The third-order valence-electron chi connectivity index (χ3n) is 4.80. The summed E-state index contributed by atoms with van der Waals surface area (Å²) in [6.07, 6.45) is 0. The van der Waals surface area contributed by atoms with Gasteiger partial charge in [-0.15, -0.1) is 0 Å². The molecule has 10 nitrogen and oxygen atoms in total. The van der Waals surface area contributed by atoms with Gasteiger partial charge in [-0.3, -0.25) is 19.6 Å². The zero-order chi connectivity index (χ0) is 21.2. The Morgan fingerprint density at radius 3 is 2.34 bits per heavy atom. The van der Waals surface area contributed by atoms with Gasteiger partial charge >= 0.3 is 0 Å². The first-order chi connectivity index (χ1) is 13.7. The molecule has 29 heavy (non-hydrogen) atoms. The van der Waals surface area contributed by atoms with Crippen molar-refractivity contribution in [3.05, 3.63) is 41.2 Å². The number of primary amides is 1. The van der Waals surface area contributed by atoms with Crippen LogP contribution in [0, 0.1) is 13.8 Å². The van der Waals surface area contributed by atoms with E-state index in [1.54, 1.807) is 31.2 Å². The number of H-pyrrole nitrogens is 1. The van der Waals surface area contributed by atoms with Crippen LogP contribution in [0.4, 0.5) is 5.69 Å². The summed E-state index contributed by atoms with van der Waals surface area (Å²) in [4.78, 5) is 25.9. The summed E-state index contributed by atoms with van der Waals surface area (Å²) in [5.41, 5.74) is 7.02. The lowest BCUT2D eigenvalue weighted by Crippen LogP contribution is -2.50. The summed E-state index contributed by atoms with van der Waals surface area (Å²) in [5.74, 6) is -1.06. The number of hydrogen-bond acceptors (Lipinski definition) is 6. The van der Waals surface area contributed by atoms with E-state index >= 15 is 0 Å². The number of aromatic amines is 1. The fourth-order valence-electron chi connectivity index (χ4n) is 3.13. The lowest BCUT2D eigenvalue weighted by molar-refractivity contribution is -0.117. The topological polar surface area (TPSA) is 141 Å². The molecule has 0 radical (unpaired) electrons. The van der Waals surface area contributed by atoms with E-state index in [-0.39, 0.29) is 28.7 Å². The molecule has 0 bridgehead atoms. The van der Waals surface area contributed by atoms with Crippen LogP contribution in [0.15, 0.2) is 29.2 Å². The molecule has 156 valence electrons. The molecule has 0 saturated carbocycles. The number of hydrogen-bond donors (Lipinski definition) is 3. The number of benzene rings is 1. The molecular formula is C18H24N6O4S. The highest BCUT2D eigenvalue weighted by atomic mass is 32.2. The van der Waals surface area contributed by atoms with Crippen molar-refractivity contribution in [1.29, 1.82) is 0 Å². The number of sulfonamides is 1. The third kappa shape index (κ3) is 4.63.